The maximum atomic E-state index is 14.2. The maximum Gasteiger partial charge on any atom is 0.275 e. The molecule has 4 aromatic rings. The van der Waals surface area contributed by atoms with E-state index < -0.39 is 5.82 Å². The highest BCUT2D eigenvalue weighted by Gasteiger charge is 2.35. The fraction of sp³-hybridized carbons (Fsp3) is 0.320. The van der Waals surface area contributed by atoms with Gasteiger partial charge in [-0.15, -0.1) is 0 Å². The van der Waals surface area contributed by atoms with E-state index in [-0.39, 0.29) is 28.6 Å². The van der Waals surface area contributed by atoms with Crippen LogP contribution in [-0.2, 0) is 13.1 Å². The molecule has 0 aliphatic carbocycles. The van der Waals surface area contributed by atoms with Crippen LogP contribution >= 0.6 is 11.6 Å². The van der Waals surface area contributed by atoms with Crippen molar-refractivity contribution < 1.29 is 9.18 Å². The first-order chi connectivity index (χ1) is 16.2. The Bertz CT molecular complexity index is 1500. The van der Waals surface area contributed by atoms with E-state index in [0.29, 0.717) is 24.5 Å². The molecule has 1 aromatic carbocycles. The summed E-state index contributed by atoms with van der Waals surface area (Å²) >= 11 is 6.10. The van der Waals surface area contributed by atoms with Gasteiger partial charge in [-0.2, -0.15) is 0 Å². The van der Waals surface area contributed by atoms with E-state index in [4.69, 9.17) is 11.6 Å². The Morgan fingerprint density at radius 1 is 1.24 bits per heavy atom. The number of imidazole rings is 1. The molecule has 4 heterocycles. The summed E-state index contributed by atoms with van der Waals surface area (Å²) in [6, 6.07) is 5.88. The van der Waals surface area contributed by atoms with Crippen LogP contribution in [0.15, 0.2) is 47.8 Å². The molecule has 1 aliphatic heterocycles. The van der Waals surface area contributed by atoms with Gasteiger partial charge < -0.3 is 18.6 Å². The molecule has 0 bridgehead atoms. The van der Waals surface area contributed by atoms with Gasteiger partial charge in [-0.05, 0) is 57.5 Å². The Kier molecular flexibility index (Phi) is 5.36. The monoisotopic (exact) mass is 481 g/mol. The lowest BCUT2D eigenvalue weighted by atomic mass is 10.0. The highest BCUT2D eigenvalue weighted by molar-refractivity contribution is 6.31. The van der Waals surface area contributed by atoms with Crippen molar-refractivity contribution in [1.29, 1.82) is 0 Å². The highest BCUT2D eigenvalue weighted by Crippen LogP contribution is 2.35. The molecule has 2 atom stereocenters. The summed E-state index contributed by atoms with van der Waals surface area (Å²) in [5, 5.41) is 0.863. The fourth-order valence-corrected chi connectivity index (χ4v) is 5.15. The van der Waals surface area contributed by atoms with Gasteiger partial charge in [-0.1, -0.05) is 11.6 Å². The molecule has 0 spiro atoms. The summed E-state index contributed by atoms with van der Waals surface area (Å²) in [5.74, 6) is -0.692. The second-order valence-corrected chi connectivity index (χ2v) is 9.24. The van der Waals surface area contributed by atoms with Crippen molar-refractivity contribution in [3.63, 3.8) is 0 Å². The van der Waals surface area contributed by atoms with Crippen LogP contribution in [0.3, 0.4) is 0 Å². The Morgan fingerprint density at radius 3 is 2.68 bits per heavy atom. The minimum atomic E-state index is -0.472. The third-order valence-corrected chi connectivity index (χ3v) is 6.97. The smallest absolute Gasteiger partial charge is 0.275 e. The van der Waals surface area contributed by atoms with E-state index >= 15 is 0 Å². The number of carbonyl (C=O) groups is 1. The first kappa shape index (κ1) is 22.4. The molecule has 7 nitrogen and oxygen atoms in total. The van der Waals surface area contributed by atoms with Gasteiger partial charge in [0.2, 0.25) is 0 Å². The number of hydrogen-bond donors (Lipinski definition) is 0. The zero-order chi connectivity index (χ0) is 24.3. The minimum Gasteiger partial charge on any atom is -0.347 e. The summed E-state index contributed by atoms with van der Waals surface area (Å²) in [6.07, 6.45) is 5.33. The molecule has 2 unspecified atom stereocenters. The van der Waals surface area contributed by atoms with Gasteiger partial charge in [0.1, 0.15) is 17.2 Å². The van der Waals surface area contributed by atoms with Crippen molar-refractivity contribution >= 4 is 28.4 Å². The van der Waals surface area contributed by atoms with Crippen molar-refractivity contribution in [2.24, 2.45) is 0 Å². The summed E-state index contributed by atoms with van der Waals surface area (Å²) in [6.45, 7) is 8.75. The molecule has 0 saturated carbocycles. The van der Waals surface area contributed by atoms with Gasteiger partial charge in [-0.25, -0.2) is 9.37 Å². The van der Waals surface area contributed by atoms with E-state index in [2.05, 4.69) is 4.98 Å². The number of aromatic nitrogens is 4. The molecular weight excluding hydrogens is 457 g/mol. The van der Waals surface area contributed by atoms with Crippen LogP contribution < -0.4 is 5.56 Å². The molecule has 1 aliphatic rings. The van der Waals surface area contributed by atoms with Crippen LogP contribution in [0.1, 0.15) is 48.6 Å². The molecule has 5 rings (SSSR count). The molecule has 9 heteroatoms. The van der Waals surface area contributed by atoms with Gasteiger partial charge in [-0.3, -0.25) is 9.59 Å². The number of pyridine rings is 1. The van der Waals surface area contributed by atoms with Crippen molar-refractivity contribution in [3.05, 3.63) is 81.1 Å². The van der Waals surface area contributed by atoms with Gasteiger partial charge in [0.15, 0.2) is 0 Å². The number of hydrogen-bond acceptors (Lipinski definition) is 3. The van der Waals surface area contributed by atoms with Crippen molar-refractivity contribution in [3.8, 4) is 5.69 Å². The Balaban J connectivity index is 1.57. The number of carbonyl (C=O) groups excluding carboxylic acids is 1. The van der Waals surface area contributed by atoms with Gasteiger partial charge >= 0.3 is 0 Å². The van der Waals surface area contributed by atoms with Crippen molar-refractivity contribution in [1.82, 2.24) is 23.6 Å². The van der Waals surface area contributed by atoms with Gasteiger partial charge in [0, 0.05) is 36.9 Å². The van der Waals surface area contributed by atoms with E-state index in [0.717, 1.165) is 22.2 Å². The number of nitrogens with zero attached hydrogens (tertiary/aromatic N) is 5. The zero-order valence-electron chi connectivity index (χ0n) is 19.4. The highest BCUT2D eigenvalue weighted by atomic mass is 35.5. The predicted octanol–water partition coefficient (Wildman–Crippen LogP) is 4.72. The Labute approximate surface area is 201 Å². The summed E-state index contributed by atoms with van der Waals surface area (Å²) in [4.78, 5) is 32.9. The average molecular weight is 482 g/mol. The predicted molar refractivity (Wildman–Crippen MR) is 129 cm³/mol. The molecule has 3 aromatic heterocycles. The summed E-state index contributed by atoms with van der Waals surface area (Å²) in [5.41, 5.74) is 3.00. The van der Waals surface area contributed by atoms with E-state index in [1.807, 2.05) is 38.5 Å². The second-order valence-electron chi connectivity index (χ2n) is 8.83. The fourth-order valence-electron chi connectivity index (χ4n) is 4.98. The normalized spacial score (nSPS) is 16.8. The van der Waals surface area contributed by atoms with Crippen LogP contribution in [0.25, 0.3) is 16.6 Å². The molecule has 0 fully saturated rings. The van der Waals surface area contributed by atoms with Crippen LogP contribution in [-0.4, -0.2) is 35.5 Å². The number of aryl methyl sites for hydroxylation is 2. The van der Waals surface area contributed by atoms with E-state index in [9.17, 15) is 14.0 Å². The van der Waals surface area contributed by atoms with Crippen LogP contribution in [0, 0.1) is 12.7 Å². The third kappa shape index (κ3) is 3.36. The lowest BCUT2D eigenvalue weighted by Gasteiger charge is -2.39. The lowest BCUT2D eigenvalue weighted by Crippen LogP contribution is -2.50. The van der Waals surface area contributed by atoms with Gasteiger partial charge in [0.25, 0.3) is 11.5 Å². The molecule has 176 valence electrons. The number of halogens is 2. The Morgan fingerprint density at radius 2 is 2.00 bits per heavy atom. The van der Waals surface area contributed by atoms with Crippen molar-refractivity contribution in [2.75, 3.05) is 0 Å². The minimum absolute atomic E-state index is 0.0481. The molecular formula is C25H25ClFN5O2. The zero-order valence-corrected chi connectivity index (χ0v) is 20.2. The molecule has 0 N–H and O–H groups in total. The Hall–Kier alpha value is -3.39. The van der Waals surface area contributed by atoms with Crippen molar-refractivity contribution in [2.45, 2.75) is 52.9 Å². The SMILES string of the molecule is CCn1cc(C(C)N2C(=O)c3ccc(-n4cnc(C)c4)c(=O)n3CC2C)c2cc(Cl)c(F)cc21. The number of fused-ring (bicyclic) bond motifs is 2. The summed E-state index contributed by atoms with van der Waals surface area (Å²) < 4.78 is 19.3. The largest absolute Gasteiger partial charge is 0.347 e. The van der Waals surface area contributed by atoms with E-state index in [1.165, 1.54) is 6.07 Å². The molecule has 1 amide bonds. The summed E-state index contributed by atoms with van der Waals surface area (Å²) in [7, 11) is 0. The first-order valence-corrected chi connectivity index (χ1v) is 11.6. The second kappa shape index (κ2) is 8.13. The standard InChI is InChI=1S/C25H25ClFN5O2/c1-5-29-12-18(17-8-19(26)20(27)9-23(17)29)16(4)32-15(3)11-31-22(25(32)34)7-6-21(24(31)33)30-10-14(2)28-13-30/h6-10,12-13,15-16H,5,11H2,1-4H3. The van der Waals surface area contributed by atoms with Crippen LogP contribution in [0.2, 0.25) is 5.02 Å². The van der Waals surface area contributed by atoms with Crippen LogP contribution in [0.5, 0.6) is 0 Å². The molecule has 0 saturated heterocycles. The topological polar surface area (TPSA) is 65.1 Å². The average Bonchev–Trinajstić information content (AvgIpc) is 3.38. The number of benzene rings is 1. The van der Waals surface area contributed by atoms with Gasteiger partial charge in [0.05, 0.1) is 28.6 Å². The van der Waals surface area contributed by atoms with E-state index in [1.54, 1.807) is 44.8 Å². The molecule has 0 radical (unpaired) electrons. The number of amides is 1. The maximum absolute atomic E-state index is 14.2. The van der Waals surface area contributed by atoms with Crippen LogP contribution in [0.4, 0.5) is 4.39 Å². The quantitative estimate of drug-likeness (QED) is 0.424. The molecule has 34 heavy (non-hydrogen) atoms. The number of rotatable bonds is 4. The first-order valence-electron chi connectivity index (χ1n) is 11.3. The lowest BCUT2D eigenvalue weighted by molar-refractivity contribution is 0.0512. The third-order valence-electron chi connectivity index (χ3n) is 6.68.